The number of fused-ring (bicyclic) bond motifs is 1. The smallest absolute Gasteiger partial charge is 0.335 e. The van der Waals surface area contributed by atoms with E-state index in [4.69, 9.17) is 5.11 Å². The van der Waals surface area contributed by atoms with Crippen molar-refractivity contribution in [3.05, 3.63) is 38.7 Å². The molecule has 6 heteroatoms. The van der Waals surface area contributed by atoms with Crippen molar-refractivity contribution >= 4 is 32.9 Å². The summed E-state index contributed by atoms with van der Waals surface area (Å²) in [4.78, 5) is 28.2. The highest BCUT2D eigenvalue weighted by Gasteiger charge is 2.08. The number of aromatic nitrogens is 2. The predicted molar refractivity (Wildman–Crippen MR) is 57.0 cm³/mol. The molecule has 2 N–H and O–H groups in total. The molecule has 76 valence electrons. The molecule has 0 bridgehead atoms. The van der Waals surface area contributed by atoms with Crippen molar-refractivity contribution in [3.63, 3.8) is 0 Å². The number of carbonyl (C=O) groups is 1. The number of carboxylic acid groups (broad SMARTS) is 1. The van der Waals surface area contributed by atoms with E-state index in [1.165, 1.54) is 12.1 Å². The van der Waals surface area contributed by atoms with Gasteiger partial charge in [-0.2, -0.15) is 0 Å². The number of H-pyrrole nitrogens is 1. The lowest BCUT2D eigenvalue weighted by molar-refractivity contribution is 0.0697. The minimum atomic E-state index is -1.04. The molecule has 0 fully saturated rings. The molecule has 0 aliphatic carbocycles. The summed E-state index contributed by atoms with van der Waals surface area (Å²) in [6, 6.07) is 2.82. The quantitative estimate of drug-likeness (QED) is 0.819. The minimum absolute atomic E-state index is 0.119. The van der Waals surface area contributed by atoms with E-state index in [0.717, 1.165) is 6.20 Å². The summed E-state index contributed by atoms with van der Waals surface area (Å²) in [5, 5.41) is 8.80. The van der Waals surface area contributed by atoms with Crippen LogP contribution in [0.4, 0.5) is 0 Å². The Kier molecular flexibility index (Phi) is 2.28. The van der Waals surface area contributed by atoms with E-state index >= 15 is 0 Å². The molecule has 5 nitrogen and oxygen atoms in total. The number of aromatic amines is 1. The van der Waals surface area contributed by atoms with Crippen LogP contribution in [0, 0.1) is 0 Å². The highest BCUT2D eigenvalue weighted by atomic mass is 79.9. The SMILES string of the molecule is O=C(O)c1cc(Br)c2[nH]c(=O)cnc2c1. The Labute approximate surface area is 91.9 Å². The van der Waals surface area contributed by atoms with E-state index in [2.05, 4.69) is 25.9 Å². The second-order valence-corrected chi connectivity index (χ2v) is 3.76. The second-order valence-electron chi connectivity index (χ2n) is 2.90. The van der Waals surface area contributed by atoms with Gasteiger partial charge in [0.15, 0.2) is 0 Å². The molecule has 2 aromatic rings. The Balaban J connectivity index is 2.84. The highest BCUT2D eigenvalue weighted by Crippen LogP contribution is 2.21. The second kappa shape index (κ2) is 3.47. The lowest BCUT2D eigenvalue weighted by Crippen LogP contribution is -2.06. The minimum Gasteiger partial charge on any atom is -0.478 e. The van der Waals surface area contributed by atoms with Crippen LogP contribution in [-0.2, 0) is 0 Å². The zero-order valence-corrected chi connectivity index (χ0v) is 8.91. The van der Waals surface area contributed by atoms with Gasteiger partial charge < -0.3 is 10.1 Å². The molecule has 0 atom stereocenters. The van der Waals surface area contributed by atoms with Gasteiger partial charge in [-0.25, -0.2) is 9.78 Å². The van der Waals surface area contributed by atoms with Crippen molar-refractivity contribution in [1.82, 2.24) is 9.97 Å². The van der Waals surface area contributed by atoms with Gasteiger partial charge in [0, 0.05) is 4.47 Å². The summed E-state index contributed by atoms with van der Waals surface area (Å²) in [6.07, 6.45) is 1.11. The molecular formula is C9H5BrN2O3. The molecule has 15 heavy (non-hydrogen) atoms. The van der Waals surface area contributed by atoms with Crippen molar-refractivity contribution in [2.75, 3.05) is 0 Å². The third-order valence-electron chi connectivity index (χ3n) is 1.89. The van der Waals surface area contributed by atoms with E-state index in [1.807, 2.05) is 0 Å². The lowest BCUT2D eigenvalue weighted by Gasteiger charge is -2.01. The van der Waals surface area contributed by atoms with Crippen LogP contribution in [0.5, 0.6) is 0 Å². The molecule has 0 saturated heterocycles. The summed E-state index contributed by atoms with van der Waals surface area (Å²) in [5.74, 6) is -1.04. The molecule has 2 rings (SSSR count). The fraction of sp³-hybridized carbons (Fsp3) is 0. The van der Waals surface area contributed by atoms with Gasteiger partial charge in [0.05, 0.1) is 22.8 Å². The maximum atomic E-state index is 11.0. The van der Waals surface area contributed by atoms with Gasteiger partial charge in [0.1, 0.15) is 0 Å². The van der Waals surface area contributed by atoms with Crippen LogP contribution in [0.15, 0.2) is 27.6 Å². The first kappa shape index (κ1) is 9.85. The largest absolute Gasteiger partial charge is 0.478 e. The Morgan fingerprint density at radius 1 is 1.47 bits per heavy atom. The summed E-state index contributed by atoms with van der Waals surface area (Å²) in [6.45, 7) is 0. The molecule has 0 amide bonds. The van der Waals surface area contributed by atoms with Gasteiger partial charge >= 0.3 is 5.97 Å². The fourth-order valence-corrected chi connectivity index (χ4v) is 1.77. The highest BCUT2D eigenvalue weighted by molar-refractivity contribution is 9.10. The molecule has 0 unspecified atom stereocenters. The van der Waals surface area contributed by atoms with E-state index in [-0.39, 0.29) is 11.1 Å². The van der Waals surface area contributed by atoms with Gasteiger partial charge in [0.2, 0.25) is 0 Å². The summed E-state index contributed by atoms with van der Waals surface area (Å²) in [7, 11) is 0. The molecule has 0 radical (unpaired) electrons. The number of hydrogen-bond acceptors (Lipinski definition) is 3. The number of aromatic carboxylic acids is 1. The van der Waals surface area contributed by atoms with Crippen LogP contribution >= 0.6 is 15.9 Å². The Hall–Kier alpha value is -1.69. The molecule has 0 aliphatic heterocycles. The molecule has 0 spiro atoms. The molecule has 0 saturated carbocycles. The molecule has 0 aliphatic rings. The van der Waals surface area contributed by atoms with Gasteiger partial charge in [-0.05, 0) is 28.1 Å². The average Bonchev–Trinajstić information content (AvgIpc) is 2.18. The normalized spacial score (nSPS) is 10.5. The van der Waals surface area contributed by atoms with Crippen LogP contribution in [0.1, 0.15) is 10.4 Å². The number of carboxylic acids is 1. The number of benzene rings is 1. The lowest BCUT2D eigenvalue weighted by atomic mass is 10.2. The summed E-state index contributed by atoms with van der Waals surface area (Å²) < 4.78 is 0.502. The predicted octanol–water partition coefficient (Wildman–Crippen LogP) is 1.38. The number of rotatable bonds is 1. The number of hydrogen-bond donors (Lipinski definition) is 2. The van der Waals surface area contributed by atoms with E-state index in [9.17, 15) is 9.59 Å². The monoisotopic (exact) mass is 268 g/mol. The average molecular weight is 269 g/mol. The first-order chi connectivity index (χ1) is 7.08. The van der Waals surface area contributed by atoms with Gasteiger partial charge in [-0.15, -0.1) is 0 Å². The van der Waals surface area contributed by atoms with Crippen molar-refractivity contribution in [3.8, 4) is 0 Å². The van der Waals surface area contributed by atoms with Crippen molar-refractivity contribution in [1.29, 1.82) is 0 Å². The Morgan fingerprint density at radius 3 is 2.87 bits per heavy atom. The molecular weight excluding hydrogens is 264 g/mol. The van der Waals surface area contributed by atoms with Crippen molar-refractivity contribution < 1.29 is 9.90 Å². The van der Waals surface area contributed by atoms with Crippen LogP contribution in [0.25, 0.3) is 11.0 Å². The van der Waals surface area contributed by atoms with E-state index in [0.29, 0.717) is 15.5 Å². The fourth-order valence-electron chi connectivity index (χ4n) is 1.22. The third kappa shape index (κ3) is 1.75. The Bertz CT molecular complexity index is 606. The van der Waals surface area contributed by atoms with Crippen LogP contribution < -0.4 is 5.56 Å². The summed E-state index contributed by atoms with van der Waals surface area (Å²) >= 11 is 3.18. The third-order valence-corrected chi connectivity index (χ3v) is 2.51. The first-order valence-corrected chi connectivity index (χ1v) is 4.79. The summed E-state index contributed by atoms with van der Waals surface area (Å²) in [5.41, 5.74) is 0.717. The molecule has 1 aromatic heterocycles. The van der Waals surface area contributed by atoms with E-state index < -0.39 is 5.97 Å². The maximum absolute atomic E-state index is 11.0. The van der Waals surface area contributed by atoms with Crippen molar-refractivity contribution in [2.45, 2.75) is 0 Å². The molecule has 1 aromatic carbocycles. The van der Waals surface area contributed by atoms with Crippen molar-refractivity contribution in [2.24, 2.45) is 0 Å². The van der Waals surface area contributed by atoms with Gasteiger partial charge in [-0.3, -0.25) is 4.79 Å². The number of halogens is 1. The zero-order valence-electron chi connectivity index (χ0n) is 7.32. The van der Waals surface area contributed by atoms with Crippen LogP contribution in [0.3, 0.4) is 0 Å². The van der Waals surface area contributed by atoms with E-state index in [1.54, 1.807) is 0 Å². The van der Waals surface area contributed by atoms with Gasteiger partial charge in [-0.1, -0.05) is 0 Å². The maximum Gasteiger partial charge on any atom is 0.335 e. The topological polar surface area (TPSA) is 83.0 Å². The van der Waals surface area contributed by atoms with Crippen LogP contribution in [0.2, 0.25) is 0 Å². The zero-order chi connectivity index (χ0) is 11.0. The number of nitrogens with one attached hydrogen (secondary N) is 1. The van der Waals surface area contributed by atoms with Gasteiger partial charge in [0.25, 0.3) is 5.56 Å². The standard InChI is InChI=1S/C9H5BrN2O3/c10-5-1-4(9(14)15)2-6-8(5)12-7(13)3-11-6/h1-3H,(H,12,13)(H,14,15). The molecule has 1 heterocycles. The Morgan fingerprint density at radius 2 is 2.20 bits per heavy atom. The number of nitrogens with zero attached hydrogens (tertiary/aromatic N) is 1. The van der Waals surface area contributed by atoms with Crippen LogP contribution in [-0.4, -0.2) is 21.0 Å². The first-order valence-electron chi connectivity index (χ1n) is 4.00.